The van der Waals surface area contributed by atoms with Crippen LogP contribution in [0.3, 0.4) is 0 Å². The Morgan fingerprint density at radius 1 is 0.889 bits per heavy atom. The summed E-state index contributed by atoms with van der Waals surface area (Å²) >= 11 is 5.09. The maximum atomic E-state index is 6.03. The number of nitrogens with zero attached hydrogens (tertiary/aromatic N) is 2. The number of fused-ring (bicyclic) bond motifs is 3. The third kappa shape index (κ3) is 2.37. The first-order valence-electron chi connectivity index (χ1n) is 8.40. The molecule has 0 saturated carbocycles. The maximum Gasteiger partial charge on any atom is 0.194 e. The Balaban J connectivity index is 1.50. The molecule has 6 heteroatoms. The van der Waals surface area contributed by atoms with Gasteiger partial charge < -0.3 is 8.83 Å². The zero-order valence-electron chi connectivity index (χ0n) is 13.8. The Hall–Kier alpha value is -2.83. The summed E-state index contributed by atoms with van der Waals surface area (Å²) in [5.41, 5.74) is 3.53. The van der Waals surface area contributed by atoms with Gasteiger partial charge in [-0.2, -0.15) is 0 Å². The minimum absolute atomic E-state index is 0.759. The van der Waals surface area contributed by atoms with E-state index in [1.54, 1.807) is 11.3 Å². The van der Waals surface area contributed by atoms with Crippen LogP contribution in [0.2, 0.25) is 0 Å². The third-order valence-corrected chi connectivity index (χ3v) is 5.95. The molecule has 0 aliphatic rings. The van der Waals surface area contributed by atoms with Gasteiger partial charge in [0, 0.05) is 26.8 Å². The fourth-order valence-corrected chi connectivity index (χ4v) is 4.57. The highest BCUT2D eigenvalue weighted by Crippen LogP contribution is 2.34. The lowest BCUT2D eigenvalue weighted by atomic mass is 10.2. The topological polar surface area (TPSA) is 43.6 Å². The van der Waals surface area contributed by atoms with E-state index in [0.717, 1.165) is 54.3 Å². The number of aromatic nitrogens is 2. The largest absolute Gasteiger partial charge is 0.454 e. The Morgan fingerprint density at radius 2 is 1.70 bits per heavy atom. The number of hydrogen-bond acceptors (Lipinski definition) is 4. The summed E-state index contributed by atoms with van der Waals surface area (Å²) in [7, 11) is 0. The van der Waals surface area contributed by atoms with Crippen LogP contribution in [0, 0.1) is 0 Å². The number of benzene rings is 2. The molecule has 0 fully saturated rings. The van der Waals surface area contributed by atoms with Crippen LogP contribution < -0.4 is 0 Å². The van der Waals surface area contributed by atoms with Crippen molar-refractivity contribution in [3.8, 4) is 22.9 Å². The van der Waals surface area contributed by atoms with Crippen LogP contribution in [0.1, 0.15) is 0 Å². The van der Waals surface area contributed by atoms with E-state index < -0.39 is 0 Å². The van der Waals surface area contributed by atoms with Gasteiger partial charge in [-0.1, -0.05) is 34.1 Å². The van der Waals surface area contributed by atoms with Crippen molar-refractivity contribution in [2.24, 2.45) is 0 Å². The standard InChI is InChI=1S/C21H11BrN2O2S/c22-14-5-6-18-13(7-14)9-19(25-18)15-10-24-16(11-27-21(24)23-15)20-8-12-3-1-2-4-17(12)26-20/h1-11H. The van der Waals surface area contributed by atoms with E-state index in [9.17, 15) is 0 Å². The summed E-state index contributed by atoms with van der Waals surface area (Å²) in [4.78, 5) is 5.64. The molecule has 0 aliphatic carbocycles. The molecule has 0 unspecified atom stereocenters. The fraction of sp³-hybridized carbons (Fsp3) is 0. The zero-order chi connectivity index (χ0) is 18.0. The number of halogens is 1. The SMILES string of the molecule is Brc1ccc2oc(-c3cn4c(-c5cc6ccccc6o5)csc4n3)cc2c1. The van der Waals surface area contributed by atoms with Crippen LogP contribution in [0.4, 0.5) is 0 Å². The van der Waals surface area contributed by atoms with E-state index in [4.69, 9.17) is 13.8 Å². The smallest absolute Gasteiger partial charge is 0.194 e. The van der Waals surface area contributed by atoms with Gasteiger partial charge in [-0.3, -0.25) is 4.40 Å². The third-order valence-electron chi connectivity index (χ3n) is 4.62. The maximum absolute atomic E-state index is 6.03. The van der Waals surface area contributed by atoms with E-state index >= 15 is 0 Å². The molecule has 2 aromatic carbocycles. The van der Waals surface area contributed by atoms with Crippen LogP contribution in [0.15, 0.2) is 79.5 Å². The number of furan rings is 2. The van der Waals surface area contributed by atoms with Crippen molar-refractivity contribution in [2.45, 2.75) is 0 Å². The van der Waals surface area contributed by atoms with E-state index in [0.29, 0.717) is 0 Å². The lowest BCUT2D eigenvalue weighted by molar-refractivity contribution is 0.627. The highest BCUT2D eigenvalue weighted by molar-refractivity contribution is 9.10. The Labute approximate surface area is 165 Å². The molecule has 0 aliphatic heterocycles. The molecule has 0 amide bonds. The average Bonchev–Trinajstić information content (AvgIpc) is 3.41. The number of hydrogen-bond donors (Lipinski definition) is 0. The van der Waals surface area contributed by atoms with Crippen molar-refractivity contribution < 1.29 is 8.83 Å². The van der Waals surface area contributed by atoms with Crippen molar-refractivity contribution in [1.82, 2.24) is 9.38 Å². The first kappa shape index (κ1) is 15.2. The Kier molecular flexibility index (Phi) is 3.15. The molecule has 27 heavy (non-hydrogen) atoms. The molecule has 4 nitrogen and oxygen atoms in total. The van der Waals surface area contributed by atoms with Crippen LogP contribution in [0.25, 0.3) is 49.8 Å². The molecule has 0 radical (unpaired) electrons. The summed E-state index contributed by atoms with van der Waals surface area (Å²) in [5.74, 6) is 1.59. The zero-order valence-corrected chi connectivity index (χ0v) is 16.3. The molecule has 6 aromatic rings. The molecule has 4 heterocycles. The summed E-state index contributed by atoms with van der Waals surface area (Å²) < 4.78 is 15.1. The normalized spacial score (nSPS) is 11.9. The second-order valence-corrected chi connectivity index (χ2v) is 8.09. The second-order valence-electron chi connectivity index (χ2n) is 6.34. The van der Waals surface area contributed by atoms with Crippen LogP contribution in [0.5, 0.6) is 0 Å². The molecule has 0 atom stereocenters. The molecule has 130 valence electrons. The lowest BCUT2D eigenvalue weighted by Crippen LogP contribution is -1.80. The van der Waals surface area contributed by atoms with Gasteiger partial charge in [0.25, 0.3) is 0 Å². The minimum Gasteiger partial charge on any atom is -0.454 e. The highest BCUT2D eigenvalue weighted by atomic mass is 79.9. The van der Waals surface area contributed by atoms with Crippen LogP contribution >= 0.6 is 27.3 Å². The molecule has 6 rings (SSSR count). The minimum atomic E-state index is 0.759. The number of para-hydroxylation sites is 1. The molecular weight excluding hydrogens is 424 g/mol. The highest BCUT2D eigenvalue weighted by Gasteiger charge is 2.16. The van der Waals surface area contributed by atoms with Gasteiger partial charge in [-0.15, -0.1) is 11.3 Å². The average molecular weight is 435 g/mol. The van der Waals surface area contributed by atoms with Crippen LogP contribution in [-0.2, 0) is 0 Å². The first-order chi connectivity index (χ1) is 13.2. The molecule has 0 N–H and O–H groups in total. The van der Waals surface area contributed by atoms with E-state index in [-0.39, 0.29) is 0 Å². The number of rotatable bonds is 2. The summed E-state index contributed by atoms with van der Waals surface area (Å²) in [5, 5.41) is 4.21. The number of thiazole rings is 1. The number of imidazole rings is 1. The second kappa shape index (κ2) is 5.58. The van der Waals surface area contributed by atoms with Gasteiger partial charge in [0.05, 0.1) is 0 Å². The van der Waals surface area contributed by atoms with Crippen molar-refractivity contribution in [2.75, 3.05) is 0 Å². The van der Waals surface area contributed by atoms with Gasteiger partial charge in [0.2, 0.25) is 0 Å². The molecule has 0 bridgehead atoms. The van der Waals surface area contributed by atoms with E-state index in [1.165, 1.54) is 0 Å². The summed E-state index contributed by atoms with van der Waals surface area (Å²) in [6.07, 6.45) is 2.00. The predicted octanol–water partition coefficient (Wildman–Crippen LogP) is 6.98. The lowest BCUT2D eigenvalue weighted by Gasteiger charge is -1.93. The van der Waals surface area contributed by atoms with Crippen molar-refractivity contribution in [3.05, 3.63) is 70.6 Å². The predicted molar refractivity (Wildman–Crippen MR) is 111 cm³/mol. The van der Waals surface area contributed by atoms with Gasteiger partial charge in [-0.25, -0.2) is 4.98 Å². The molecule has 0 saturated heterocycles. The summed E-state index contributed by atoms with van der Waals surface area (Å²) in [6.45, 7) is 0. The first-order valence-corrected chi connectivity index (χ1v) is 10.1. The monoisotopic (exact) mass is 434 g/mol. The van der Waals surface area contributed by atoms with E-state index in [2.05, 4.69) is 37.8 Å². The van der Waals surface area contributed by atoms with Crippen LogP contribution in [-0.4, -0.2) is 9.38 Å². The van der Waals surface area contributed by atoms with E-state index in [1.807, 2.05) is 48.7 Å². The van der Waals surface area contributed by atoms with Gasteiger partial charge in [0.1, 0.15) is 22.6 Å². The van der Waals surface area contributed by atoms with Crippen molar-refractivity contribution >= 4 is 54.2 Å². The Bertz CT molecular complexity index is 1420. The summed E-state index contributed by atoms with van der Waals surface area (Å²) in [6, 6.07) is 18.1. The van der Waals surface area contributed by atoms with Crippen molar-refractivity contribution in [3.63, 3.8) is 0 Å². The molecule has 0 spiro atoms. The van der Waals surface area contributed by atoms with Gasteiger partial charge in [0.15, 0.2) is 16.5 Å². The van der Waals surface area contributed by atoms with Crippen molar-refractivity contribution in [1.29, 1.82) is 0 Å². The molecule has 4 aromatic heterocycles. The Morgan fingerprint density at radius 3 is 2.63 bits per heavy atom. The quantitative estimate of drug-likeness (QED) is 0.295. The van der Waals surface area contributed by atoms with Gasteiger partial charge in [-0.05, 0) is 36.4 Å². The van der Waals surface area contributed by atoms with Gasteiger partial charge >= 0.3 is 0 Å². The molecular formula is C21H11BrN2O2S. The fourth-order valence-electron chi connectivity index (χ4n) is 3.33.